The van der Waals surface area contributed by atoms with Gasteiger partial charge in [0.05, 0.1) is 11.8 Å². The molecule has 0 aliphatic rings. The van der Waals surface area contributed by atoms with Gasteiger partial charge in [-0.15, -0.1) is 0 Å². The van der Waals surface area contributed by atoms with Crippen LogP contribution in [0.2, 0.25) is 0 Å². The molecular formula is C18H18N4O2S. The minimum atomic E-state index is -0.454. The number of aromatic nitrogens is 1. The highest BCUT2D eigenvalue weighted by molar-refractivity contribution is 7.80. The highest BCUT2D eigenvalue weighted by Crippen LogP contribution is 2.13. The van der Waals surface area contributed by atoms with Gasteiger partial charge in [-0.3, -0.25) is 10.4 Å². The normalized spacial score (nSPS) is 10.3. The van der Waals surface area contributed by atoms with Gasteiger partial charge in [0.2, 0.25) is 0 Å². The van der Waals surface area contributed by atoms with Crippen molar-refractivity contribution in [3.63, 3.8) is 0 Å². The third-order valence-electron chi connectivity index (χ3n) is 2.92. The van der Waals surface area contributed by atoms with Gasteiger partial charge in [-0.2, -0.15) is 5.10 Å². The van der Waals surface area contributed by atoms with Gasteiger partial charge in [0.1, 0.15) is 5.75 Å². The number of esters is 1. The molecule has 128 valence electrons. The smallest absolute Gasteiger partial charge is 0.345 e. The van der Waals surface area contributed by atoms with E-state index in [1.807, 2.05) is 6.92 Å². The number of thiocarbonyl (C=S) groups is 1. The average Bonchev–Trinajstić information content (AvgIpc) is 2.62. The summed E-state index contributed by atoms with van der Waals surface area (Å²) in [5.74, 6) is -0.0114. The number of ether oxygens (including phenoxy) is 1. The standard InChI is InChI=1S/C18H18N4O2S/c1-13(2)10-20-18(25)22-21-11-14-5-7-16(8-6-14)24-17(23)15-4-3-9-19-12-15/h3-9,11-12H,1,10H2,2H3,(H2,20,22,25)/b21-11-. The molecule has 0 bridgehead atoms. The molecule has 0 fully saturated rings. The third-order valence-corrected chi connectivity index (χ3v) is 3.15. The van der Waals surface area contributed by atoms with Crippen LogP contribution in [0, 0.1) is 0 Å². The van der Waals surface area contributed by atoms with Crippen molar-refractivity contribution in [2.45, 2.75) is 6.92 Å². The minimum Gasteiger partial charge on any atom is -0.423 e. The average molecular weight is 354 g/mol. The molecule has 2 N–H and O–H groups in total. The van der Waals surface area contributed by atoms with Crippen LogP contribution < -0.4 is 15.5 Å². The Morgan fingerprint density at radius 1 is 1.36 bits per heavy atom. The van der Waals surface area contributed by atoms with Gasteiger partial charge in [-0.05, 0) is 61.1 Å². The van der Waals surface area contributed by atoms with E-state index >= 15 is 0 Å². The van der Waals surface area contributed by atoms with E-state index in [2.05, 4.69) is 27.4 Å². The Kier molecular flexibility index (Phi) is 6.79. The molecule has 2 rings (SSSR count). The number of hydrogen-bond acceptors (Lipinski definition) is 5. The first kappa shape index (κ1) is 18.3. The fourth-order valence-corrected chi connectivity index (χ4v) is 1.83. The maximum atomic E-state index is 11.9. The molecular weight excluding hydrogens is 336 g/mol. The summed E-state index contributed by atoms with van der Waals surface area (Å²) in [6.07, 6.45) is 4.67. The summed E-state index contributed by atoms with van der Waals surface area (Å²) in [7, 11) is 0. The summed E-state index contributed by atoms with van der Waals surface area (Å²) in [5, 5.41) is 7.41. The van der Waals surface area contributed by atoms with Crippen molar-refractivity contribution in [1.82, 2.24) is 15.7 Å². The van der Waals surface area contributed by atoms with Crippen LogP contribution in [0.3, 0.4) is 0 Å². The van der Waals surface area contributed by atoms with Crippen molar-refractivity contribution in [3.05, 3.63) is 72.1 Å². The second kappa shape index (κ2) is 9.29. The van der Waals surface area contributed by atoms with Gasteiger partial charge < -0.3 is 10.1 Å². The largest absolute Gasteiger partial charge is 0.423 e. The van der Waals surface area contributed by atoms with Crippen molar-refractivity contribution in [2.24, 2.45) is 5.10 Å². The van der Waals surface area contributed by atoms with Crippen LogP contribution in [0.15, 0.2) is 66.0 Å². The quantitative estimate of drug-likeness (QED) is 0.207. The number of carbonyl (C=O) groups excluding carboxylic acids is 1. The molecule has 0 aliphatic heterocycles. The van der Waals surface area contributed by atoms with Crippen molar-refractivity contribution in [1.29, 1.82) is 0 Å². The lowest BCUT2D eigenvalue weighted by Gasteiger charge is -2.06. The maximum absolute atomic E-state index is 11.9. The maximum Gasteiger partial charge on any atom is 0.345 e. The van der Waals surface area contributed by atoms with Crippen LogP contribution in [-0.2, 0) is 0 Å². The summed E-state index contributed by atoms with van der Waals surface area (Å²) in [6, 6.07) is 10.3. The number of nitrogens with one attached hydrogen (secondary N) is 2. The summed E-state index contributed by atoms with van der Waals surface area (Å²) < 4.78 is 5.27. The molecule has 0 unspecified atom stereocenters. The first-order valence-corrected chi connectivity index (χ1v) is 7.89. The van der Waals surface area contributed by atoms with Crippen LogP contribution in [0.1, 0.15) is 22.8 Å². The second-order valence-electron chi connectivity index (χ2n) is 5.21. The van der Waals surface area contributed by atoms with Gasteiger partial charge in [0.15, 0.2) is 5.11 Å². The Bertz CT molecular complexity index is 773. The highest BCUT2D eigenvalue weighted by atomic mass is 32.1. The van der Waals surface area contributed by atoms with Crippen LogP contribution in [0.4, 0.5) is 0 Å². The number of pyridine rings is 1. The first-order valence-electron chi connectivity index (χ1n) is 7.48. The zero-order chi connectivity index (χ0) is 18.1. The predicted molar refractivity (Wildman–Crippen MR) is 102 cm³/mol. The topological polar surface area (TPSA) is 75.6 Å². The summed E-state index contributed by atoms with van der Waals surface area (Å²) in [5.41, 5.74) is 4.91. The Balaban J connectivity index is 1.85. The molecule has 0 aliphatic carbocycles. The lowest BCUT2D eigenvalue weighted by molar-refractivity contribution is 0.0734. The first-order chi connectivity index (χ1) is 12.0. The minimum absolute atomic E-state index is 0.396. The molecule has 7 heteroatoms. The number of hydrazone groups is 1. The molecule has 0 atom stereocenters. The van der Waals surface area contributed by atoms with Gasteiger partial charge in [0, 0.05) is 18.9 Å². The molecule has 2 aromatic rings. The number of rotatable bonds is 6. The number of carbonyl (C=O) groups is 1. The summed E-state index contributed by atoms with van der Waals surface area (Å²) in [6.45, 7) is 6.28. The zero-order valence-corrected chi connectivity index (χ0v) is 14.5. The van der Waals surface area contributed by atoms with Gasteiger partial charge in [0.25, 0.3) is 0 Å². The van der Waals surface area contributed by atoms with E-state index in [1.54, 1.807) is 48.8 Å². The van der Waals surface area contributed by atoms with E-state index in [0.717, 1.165) is 11.1 Å². The van der Waals surface area contributed by atoms with Crippen LogP contribution in [-0.4, -0.2) is 28.8 Å². The SMILES string of the molecule is C=C(C)CNC(=S)N/N=C\c1ccc(OC(=O)c2cccnc2)cc1. The summed E-state index contributed by atoms with van der Waals surface area (Å²) >= 11 is 5.06. The molecule has 0 saturated heterocycles. The molecule has 0 saturated carbocycles. The number of nitrogens with zero attached hydrogens (tertiary/aromatic N) is 2. The van der Waals surface area contributed by atoms with Crippen LogP contribution in [0.5, 0.6) is 5.75 Å². The summed E-state index contributed by atoms with van der Waals surface area (Å²) in [4.78, 5) is 15.8. The molecule has 0 radical (unpaired) electrons. The Morgan fingerprint density at radius 3 is 2.76 bits per heavy atom. The highest BCUT2D eigenvalue weighted by Gasteiger charge is 2.07. The van der Waals surface area contributed by atoms with Gasteiger partial charge in [-0.25, -0.2) is 4.79 Å². The van der Waals surface area contributed by atoms with E-state index < -0.39 is 5.97 Å². The lowest BCUT2D eigenvalue weighted by Crippen LogP contribution is -2.32. The van der Waals surface area contributed by atoms with E-state index in [4.69, 9.17) is 17.0 Å². The van der Waals surface area contributed by atoms with E-state index in [9.17, 15) is 4.79 Å². The molecule has 6 nitrogen and oxygen atoms in total. The van der Waals surface area contributed by atoms with E-state index in [1.165, 1.54) is 6.20 Å². The molecule has 1 aromatic carbocycles. The van der Waals surface area contributed by atoms with Gasteiger partial charge >= 0.3 is 5.97 Å². The van der Waals surface area contributed by atoms with Crippen LogP contribution >= 0.6 is 12.2 Å². The monoisotopic (exact) mass is 354 g/mol. The molecule has 0 spiro atoms. The number of hydrogen-bond donors (Lipinski definition) is 2. The zero-order valence-electron chi connectivity index (χ0n) is 13.7. The molecule has 25 heavy (non-hydrogen) atoms. The molecule has 1 aromatic heterocycles. The number of benzene rings is 1. The van der Waals surface area contributed by atoms with E-state index in [-0.39, 0.29) is 0 Å². The second-order valence-corrected chi connectivity index (χ2v) is 5.62. The Morgan fingerprint density at radius 2 is 2.12 bits per heavy atom. The van der Waals surface area contributed by atoms with Crippen molar-refractivity contribution in [2.75, 3.05) is 6.54 Å². The fraction of sp³-hybridized carbons (Fsp3) is 0.111. The van der Waals surface area contributed by atoms with Crippen LogP contribution in [0.25, 0.3) is 0 Å². The lowest BCUT2D eigenvalue weighted by atomic mass is 10.2. The molecule has 0 amide bonds. The van der Waals surface area contributed by atoms with Gasteiger partial charge in [-0.1, -0.05) is 12.2 Å². The molecule has 1 heterocycles. The fourth-order valence-electron chi connectivity index (χ4n) is 1.71. The van der Waals surface area contributed by atoms with Crippen molar-refractivity contribution in [3.8, 4) is 5.75 Å². The Labute approximate surface area is 151 Å². The van der Waals surface area contributed by atoms with Crippen molar-refractivity contribution >= 4 is 29.5 Å². The van der Waals surface area contributed by atoms with E-state index in [0.29, 0.717) is 23.0 Å². The third kappa shape index (κ3) is 6.52. The predicted octanol–water partition coefficient (Wildman–Crippen LogP) is 2.67. The Hall–Kier alpha value is -3.06. The van der Waals surface area contributed by atoms with Crippen molar-refractivity contribution < 1.29 is 9.53 Å².